The SMILES string of the molecule is CCC(C)N1CCN(C(=O)c2cccn2CC(=O)O)CC1. The molecule has 0 radical (unpaired) electrons. The largest absolute Gasteiger partial charge is 0.480 e. The summed E-state index contributed by atoms with van der Waals surface area (Å²) in [7, 11) is 0. The Kier molecular flexibility index (Phi) is 5.01. The highest BCUT2D eigenvalue weighted by Gasteiger charge is 2.25. The Hall–Kier alpha value is -1.82. The Labute approximate surface area is 124 Å². The lowest BCUT2D eigenvalue weighted by atomic mass is 10.2. The predicted molar refractivity (Wildman–Crippen MR) is 79.3 cm³/mol. The van der Waals surface area contributed by atoms with Crippen LogP contribution in [0, 0.1) is 0 Å². The minimum Gasteiger partial charge on any atom is -0.480 e. The number of carbonyl (C=O) groups excluding carboxylic acids is 1. The monoisotopic (exact) mass is 293 g/mol. The van der Waals surface area contributed by atoms with Crippen LogP contribution >= 0.6 is 0 Å². The van der Waals surface area contributed by atoms with Gasteiger partial charge >= 0.3 is 5.97 Å². The number of amides is 1. The molecule has 1 aromatic rings. The van der Waals surface area contributed by atoms with Gasteiger partial charge in [-0.05, 0) is 25.5 Å². The Morgan fingerprint density at radius 3 is 2.52 bits per heavy atom. The van der Waals surface area contributed by atoms with Gasteiger partial charge in [-0.3, -0.25) is 14.5 Å². The molecule has 21 heavy (non-hydrogen) atoms. The van der Waals surface area contributed by atoms with Gasteiger partial charge in [-0.1, -0.05) is 6.92 Å². The zero-order valence-electron chi connectivity index (χ0n) is 12.7. The fourth-order valence-electron chi connectivity index (χ4n) is 2.68. The van der Waals surface area contributed by atoms with Crippen LogP contribution in [-0.4, -0.2) is 63.6 Å². The molecular formula is C15H23N3O3. The molecule has 2 rings (SSSR count). The minimum atomic E-state index is -0.943. The first kappa shape index (κ1) is 15.6. The number of aromatic nitrogens is 1. The molecule has 2 heterocycles. The van der Waals surface area contributed by atoms with Gasteiger partial charge in [0, 0.05) is 38.4 Å². The topological polar surface area (TPSA) is 65.8 Å². The van der Waals surface area contributed by atoms with Crippen LogP contribution in [-0.2, 0) is 11.3 Å². The molecule has 6 nitrogen and oxygen atoms in total. The molecule has 1 aliphatic rings. The second-order valence-corrected chi connectivity index (χ2v) is 5.50. The number of aliphatic carboxylic acids is 1. The van der Waals surface area contributed by atoms with Crippen molar-refractivity contribution in [1.82, 2.24) is 14.4 Å². The smallest absolute Gasteiger partial charge is 0.323 e. The molecule has 0 bridgehead atoms. The van der Waals surface area contributed by atoms with Crippen molar-refractivity contribution in [3.05, 3.63) is 24.0 Å². The highest BCUT2D eigenvalue weighted by Crippen LogP contribution is 2.13. The van der Waals surface area contributed by atoms with E-state index in [0.717, 1.165) is 19.5 Å². The van der Waals surface area contributed by atoms with Gasteiger partial charge in [0.2, 0.25) is 0 Å². The fourth-order valence-corrected chi connectivity index (χ4v) is 2.68. The summed E-state index contributed by atoms with van der Waals surface area (Å²) >= 11 is 0. The molecule has 1 atom stereocenters. The third kappa shape index (κ3) is 3.64. The summed E-state index contributed by atoms with van der Waals surface area (Å²) in [6.07, 6.45) is 2.74. The van der Waals surface area contributed by atoms with E-state index < -0.39 is 5.97 Å². The van der Waals surface area contributed by atoms with Gasteiger partial charge < -0.3 is 14.6 Å². The number of piperazine rings is 1. The fraction of sp³-hybridized carbons (Fsp3) is 0.600. The van der Waals surface area contributed by atoms with Crippen molar-refractivity contribution in [2.24, 2.45) is 0 Å². The van der Waals surface area contributed by atoms with Crippen LogP contribution in [0.15, 0.2) is 18.3 Å². The van der Waals surface area contributed by atoms with Crippen LogP contribution in [0.2, 0.25) is 0 Å². The molecular weight excluding hydrogens is 270 g/mol. The van der Waals surface area contributed by atoms with Gasteiger partial charge in [-0.15, -0.1) is 0 Å². The van der Waals surface area contributed by atoms with E-state index in [1.165, 1.54) is 4.57 Å². The molecule has 1 aliphatic heterocycles. The lowest BCUT2D eigenvalue weighted by molar-refractivity contribution is -0.137. The van der Waals surface area contributed by atoms with Crippen LogP contribution < -0.4 is 0 Å². The first-order chi connectivity index (χ1) is 10.0. The van der Waals surface area contributed by atoms with Crippen molar-refractivity contribution in [2.75, 3.05) is 26.2 Å². The molecule has 1 saturated heterocycles. The molecule has 1 N–H and O–H groups in total. The van der Waals surface area contributed by atoms with E-state index in [1.54, 1.807) is 18.3 Å². The van der Waals surface area contributed by atoms with E-state index >= 15 is 0 Å². The Bertz CT molecular complexity index is 504. The normalized spacial score (nSPS) is 17.7. The van der Waals surface area contributed by atoms with Crippen molar-refractivity contribution in [1.29, 1.82) is 0 Å². The lowest BCUT2D eigenvalue weighted by Gasteiger charge is -2.37. The molecule has 0 saturated carbocycles. The average Bonchev–Trinajstić information content (AvgIpc) is 2.93. The molecule has 1 fully saturated rings. The summed E-state index contributed by atoms with van der Waals surface area (Å²) in [5, 5.41) is 8.87. The van der Waals surface area contributed by atoms with Gasteiger partial charge in [-0.2, -0.15) is 0 Å². The third-order valence-corrected chi connectivity index (χ3v) is 4.17. The van der Waals surface area contributed by atoms with Crippen LogP contribution in [0.1, 0.15) is 30.8 Å². The van der Waals surface area contributed by atoms with Gasteiger partial charge in [0.15, 0.2) is 0 Å². The summed E-state index contributed by atoms with van der Waals surface area (Å²) in [5.41, 5.74) is 0.453. The second kappa shape index (κ2) is 6.76. The van der Waals surface area contributed by atoms with E-state index in [0.29, 0.717) is 24.8 Å². The summed E-state index contributed by atoms with van der Waals surface area (Å²) < 4.78 is 1.49. The van der Waals surface area contributed by atoms with Crippen molar-refractivity contribution in [2.45, 2.75) is 32.9 Å². The molecule has 1 amide bonds. The van der Waals surface area contributed by atoms with E-state index in [-0.39, 0.29) is 12.5 Å². The Balaban J connectivity index is 1.99. The minimum absolute atomic E-state index is 0.0787. The number of carbonyl (C=O) groups is 2. The van der Waals surface area contributed by atoms with Gasteiger partial charge in [0.05, 0.1) is 0 Å². The van der Waals surface area contributed by atoms with Crippen molar-refractivity contribution < 1.29 is 14.7 Å². The quantitative estimate of drug-likeness (QED) is 0.884. The molecule has 0 aromatic carbocycles. The van der Waals surface area contributed by atoms with E-state index in [1.807, 2.05) is 4.90 Å². The summed E-state index contributed by atoms with van der Waals surface area (Å²) in [5.74, 6) is -1.02. The average molecular weight is 293 g/mol. The van der Waals surface area contributed by atoms with Gasteiger partial charge in [0.25, 0.3) is 5.91 Å². The number of hydrogen-bond donors (Lipinski definition) is 1. The van der Waals surface area contributed by atoms with Crippen molar-refractivity contribution in [3.63, 3.8) is 0 Å². The Morgan fingerprint density at radius 2 is 1.95 bits per heavy atom. The van der Waals surface area contributed by atoms with Crippen molar-refractivity contribution >= 4 is 11.9 Å². The number of carboxylic acids is 1. The first-order valence-corrected chi connectivity index (χ1v) is 7.43. The van der Waals surface area contributed by atoms with Crippen LogP contribution in [0.25, 0.3) is 0 Å². The van der Waals surface area contributed by atoms with Crippen LogP contribution in [0.5, 0.6) is 0 Å². The van der Waals surface area contributed by atoms with Gasteiger partial charge in [-0.25, -0.2) is 0 Å². The summed E-state index contributed by atoms with van der Waals surface area (Å²) in [6, 6.07) is 3.94. The molecule has 1 aromatic heterocycles. The number of hydrogen-bond acceptors (Lipinski definition) is 3. The summed E-state index contributed by atoms with van der Waals surface area (Å²) in [6.45, 7) is 7.33. The van der Waals surface area contributed by atoms with Crippen LogP contribution in [0.4, 0.5) is 0 Å². The number of rotatable bonds is 5. The third-order valence-electron chi connectivity index (χ3n) is 4.17. The molecule has 0 spiro atoms. The maximum atomic E-state index is 12.5. The molecule has 6 heteroatoms. The maximum Gasteiger partial charge on any atom is 0.323 e. The van der Waals surface area contributed by atoms with Gasteiger partial charge in [0.1, 0.15) is 12.2 Å². The molecule has 1 unspecified atom stereocenters. The van der Waals surface area contributed by atoms with Crippen molar-refractivity contribution in [3.8, 4) is 0 Å². The van der Waals surface area contributed by atoms with E-state index in [2.05, 4.69) is 18.7 Å². The zero-order chi connectivity index (χ0) is 15.4. The lowest BCUT2D eigenvalue weighted by Crippen LogP contribution is -2.51. The van der Waals surface area contributed by atoms with E-state index in [9.17, 15) is 9.59 Å². The predicted octanol–water partition coefficient (Wildman–Crippen LogP) is 1.13. The zero-order valence-corrected chi connectivity index (χ0v) is 12.7. The highest BCUT2D eigenvalue weighted by molar-refractivity contribution is 5.93. The van der Waals surface area contributed by atoms with E-state index in [4.69, 9.17) is 5.11 Å². The molecule has 116 valence electrons. The highest BCUT2D eigenvalue weighted by atomic mass is 16.4. The van der Waals surface area contributed by atoms with Crippen LogP contribution in [0.3, 0.4) is 0 Å². The Morgan fingerprint density at radius 1 is 1.29 bits per heavy atom. The first-order valence-electron chi connectivity index (χ1n) is 7.43. The number of nitrogens with zero attached hydrogens (tertiary/aromatic N) is 3. The molecule has 0 aliphatic carbocycles. The maximum absolute atomic E-state index is 12.5. The standard InChI is InChI=1S/C15H23N3O3/c1-3-12(2)16-7-9-17(10-8-16)15(21)13-5-4-6-18(13)11-14(19)20/h4-6,12H,3,7-11H2,1-2H3,(H,19,20). The second-order valence-electron chi connectivity index (χ2n) is 5.50. The number of carboxylic acid groups (broad SMARTS) is 1. The summed E-state index contributed by atoms with van der Waals surface area (Å²) in [4.78, 5) is 27.5.